The van der Waals surface area contributed by atoms with Gasteiger partial charge in [-0.2, -0.15) is 0 Å². The van der Waals surface area contributed by atoms with Crippen molar-refractivity contribution in [1.29, 1.82) is 0 Å². The van der Waals surface area contributed by atoms with Gasteiger partial charge in [-0.05, 0) is 29.7 Å². The van der Waals surface area contributed by atoms with E-state index >= 15 is 0 Å². The fourth-order valence-corrected chi connectivity index (χ4v) is 3.04. The van der Waals surface area contributed by atoms with Crippen molar-refractivity contribution in [3.63, 3.8) is 0 Å². The molecule has 4 heteroatoms. The first-order chi connectivity index (χ1) is 10.6. The van der Waals surface area contributed by atoms with Gasteiger partial charge in [0.25, 0.3) is 0 Å². The van der Waals surface area contributed by atoms with Gasteiger partial charge in [0.1, 0.15) is 0 Å². The molecule has 2 N–H and O–H groups in total. The molecule has 0 spiro atoms. The molecule has 2 rings (SSSR count). The van der Waals surface area contributed by atoms with E-state index in [0.717, 1.165) is 22.4 Å². The first kappa shape index (κ1) is 16.9. The number of hydrogen-bond donors (Lipinski definition) is 2. The van der Waals surface area contributed by atoms with Crippen molar-refractivity contribution < 1.29 is 9.32 Å². The van der Waals surface area contributed by atoms with Gasteiger partial charge in [-0.1, -0.05) is 49.4 Å². The van der Waals surface area contributed by atoms with E-state index in [4.69, 9.17) is 0 Å². The van der Waals surface area contributed by atoms with Crippen LogP contribution < -0.4 is 5.32 Å². The van der Waals surface area contributed by atoms with Gasteiger partial charge in [-0.15, -0.1) is 0 Å². The van der Waals surface area contributed by atoms with E-state index in [1.54, 1.807) is 6.26 Å². The second-order valence-corrected chi connectivity index (χ2v) is 6.79. The van der Waals surface area contributed by atoms with Crippen LogP contribution in [0.3, 0.4) is 0 Å². The monoisotopic (exact) mass is 317 g/mol. The smallest absolute Gasteiger partial charge is 0.0669 e. The zero-order valence-corrected chi connectivity index (χ0v) is 13.9. The first-order valence-electron chi connectivity index (χ1n) is 7.45. The Morgan fingerprint density at radius 2 is 1.73 bits per heavy atom. The van der Waals surface area contributed by atoms with Crippen LogP contribution in [0.1, 0.15) is 24.5 Å². The van der Waals surface area contributed by atoms with Crippen molar-refractivity contribution in [2.75, 3.05) is 12.9 Å². The maximum Gasteiger partial charge on any atom is 0.0669 e. The maximum absolute atomic E-state index is 11.4. The summed E-state index contributed by atoms with van der Waals surface area (Å²) in [4.78, 5) is 0.829. The predicted molar refractivity (Wildman–Crippen MR) is 91.1 cm³/mol. The SMILES string of the molecule is CC[C@@](CO)(NCc1ccc([S@](C)=O)cc1)c1ccccc1. The Balaban J connectivity index is 2.14. The van der Waals surface area contributed by atoms with Crippen molar-refractivity contribution in [3.8, 4) is 0 Å². The van der Waals surface area contributed by atoms with Crippen LogP contribution in [0.2, 0.25) is 0 Å². The zero-order valence-electron chi connectivity index (χ0n) is 13.1. The Labute approximate surface area is 134 Å². The first-order valence-corrected chi connectivity index (χ1v) is 9.01. The molecule has 22 heavy (non-hydrogen) atoms. The summed E-state index contributed by atoms with van der Waals surface area (Å²) in [5, 5.41) is 13.4. The number of nitrogens with one attached hydrogen (secondary N) is 1. The van der Waals surface area contributed by atoms with E-state index in [0.29, 0.717) is 6.54 Å². The van der Waals surface area contributed by atoms with Crippen molar-refractivity contribution in [1.82, 2.24) is 5.32 Å². The summed E-state index contributed by atoms with van der Waals surface area (Å²) in [7, 11) is -0.952. The molecular formula is C18H23NO2S. The van der Waals surface area contributed by atoms with Gasteiger partial charge >= 0.3 is 0 Å². The van der Waals surface area contributed by atoms with E-state index in [-0.39, 0.29) is 6.61 Å². The van der Waals surface area contributed by atoms with Crippen LogP contribution in [-0.4, -0.2) is 22.2 Å². The van der Waals surface area contributed by atoms with Crippen LogP contribution >= 0.6 is 0 Å². The molecule has 2 atom stereocenters. The molecule has 0 heterocycles. The number of aliphatic hydroxyl groups is 1. The minimum atomic E-state index is -0.952. The van der Waals surface area contributed by atoms with E-state index in [1.165, 1.54) is 0 Å². The third-order valence-corrected chi connectivity index (χ3v) is 5.02. The Morgan fingerprint density at radius 3 is 2.23 bits per heavy atom. The molecule has 2 aromatic rings. The quantitative estimate of drug-likeness (QED) is 0.825. The lowest BCUT2D eigenvalue weighted by molar-refractivity contribution is 0.154. The number of aliphatic hydroxyl groups excluding tert-OH is 1. The molecule has 118 valence electrons. The Morgan fingerprint density at radius 1 is 1.09 bits per heavy atom. The Kier molecular flexibility index (Phi) is 5.89. The van der Waals surface area contributed by atoms with E-state index in [1.807, 2.05) is 54.6 Å². The maximum atomic E-state index is 11.4. The Bertz CT molecular complexity index is 607. The molecule has 0 aliphatic carbocycles. The zero-order chi connectivity index (χ0) is 16.0. The van der Waals surface area contributed by atoms with Crippen LogP contribution in [0.4, 0.5) is 0 Å². The van der Waals surface area contributed by atoms with Crippen LogP contribution in [0.5, 0.6) is 0 Å². The highest BCUT2D eigenvalue weighted by atomic mass is 32.2. The highest BCUT2D eigenvalue weighted by Crippen LogP contribution is 2.25. The van der Waals surface area contributed by atoms with Gasteiger partial charge in [0.05, 0.1) is 12.1 Å². The normalized spacial score (nSPS) is 15.2. The van der Waals surface area contributed by atoms with Gasteiger partial charge in [0.2, 0.25) is 0 Å². The third-order valence-electron chi connectivity index (χ3n) is 4.09. The fourth-order valence-electron chi connectivity index (χ4n) is 2.52. The highest BCUT2D eigenvalue weighted by molar-refractivity contribution is 7.84. The summed E-state index contributed by atoms with van der Waals surface area (Å²) in [6.07, 6.45) is 2.47. The summed E-state index contributed by atoms with van der Waals surface area (Å²) in [5.41, 5.74) is 1.76. The van der Waals surface area contributed by atoms with Crippen molar-refractivity contribution in [2.24, 2.45) is 0 Å². The molecule has 0 fully saturated rings. The van der Waals surface area contributed by atoms with Gasteiger partial charge in [0, 0.05) is 28.5 Å². The van der Waals surface area contributed by atoms with Crippen molar-refractivity contribution in [3.05, 3.63) is 65.7 Å². The molecule has 0 saturated heterocycles. The molecular weight excluding hydrogens is 294 g/mol. The van der Waals surface area contributed by atoms with Crippen LogP contribution in [-0.2, 0) is 22.9 Å². The largest absolute Gasteiger partial charge is 0.394 e. The number of benzene rings is 2. The fraction of sp³-hybridized carbons (Fsp3) is 0.333. The average Bonchev–Trinajstić information content (AvgIpc) is 2.57. The van der Waals surface area contributed by atoms with Crippen molar-refractivity contribution in [2.45, 2.75) is 30.3 Å². The van der Waals surface area contributed by atoms with Crippen LogP contribution in [0, 0.1) is 0 Å². The minimum absolute atomic E-state index is 0.0462. The molecule has 0 saturated carbocycles. The molecule has 0 radical (unpaired) electrons. The van der Waals surface area contributed by atoms with Crippen LogP contribution in [0.25, 0.3) is 0 Å². The molecule has 0 bridgehead atoms. The standard InChI is InChI=1S/C18H23NO2S/c1-3-18(14-20,16-7-5-4-6-8-16)19-13-15-9-11-17(12-10-15)22(2)21/h4-12,19-20H,3,13-14H2,1-2H3/t18-,22-/m0/s1. The Hall–Kier alpha value is -1.49. The second kappa shape index (κ2) is 7.68. The second-order valence-electron chi connectivity index (χ2n) is 5.41. The molecule has 0 amide bonds. The van der Waals surface area contributed by atoms with Gasteiger partial charge in [-0.25, -0.2) is 0 Å². The van der Waals surface area contributed by atoms with Crippen LogP contribution in [0.15, 0.2) is 59.5 Å². The topological polar surface area (TPSA) is 49.3 Å². The number of rotatable bonds is 7. The average molecular weight is 317 g/mol. The van der Waals surface area contributed by atoms with Gasteiger partial charge in [0.15, 0.2) is 0 Å². The summed E-state index contributed by atoms with van der Waals surface area (Å²) in [6.45, 7) is 2.77. The molecule has 0 aromatic heterocycles. The summed E-state index contributed by atoms with van der Waals surface area (Å²) in [5.74, 6) is 0. The predicted octanol–water partition coefficient (Wildman–Crippen LogP) is 2.81. The van der Waals surface area contributed by atoms with Crippen molar-refractivity contribution >= 4 is 10.8 Å². The summed E-state index contributed by atoms with van der Waals surface area (Å²) < 4.78 is 11.4. The molecule has 3 nitrogen and oxygen atoms in total. The lowest BCUT2D eigenvalue weighted by atomic mass is 9.87. The summed E-state index contributed by atoms with van der Waals surface area (Å²) in [6, 6.07) is 17.8. The highest BCUT2D eigenvalue weighted by Gasteiger charge is 2.28. The van der Waals surface area contributed by atoms with E-state index in [9.17, 15) is 9.32 Å². The summed E-state index contributed by atoms with van der Waals surface area (Å²) >= 11 is 0. The number of hydrogen-bond acceptors (Lipinski definition) is 3. The molecule has 0 aliphatic rings. The molecule has 0 unspecified atom stereocenters. The van der Waals surface area contributed by atoms with E-state index in [2.05, 4.69) is 12.2 Å². The minimum Gasteiger partial charge on any atom is -0.394 e. The lowest BCUT2D eigenvalue weighted by Gasteiger charge is -2.33. The van der Waals surface area contributed by atoms with E-state index < -0.39 is 16.3 Å². The molecule has 0 aliphatic heterocycles. The third kappa shape index (κ3) is 3.83. The van der Waals surface area contributed by atoms with Gasteiger partial charge in [-0.3, -0.25) is 4.21 Å². The molecule has 2 aromatic carbocycles. The van der Waals surface area contributed by atoms with Gasteiger partial charge < -0.3 is 10.4 Å². The lowest BCUT2D eigenvalue weighted by Crippen LogP contribution is -2.44.